The highest BCUT2D eigenvalue weighted by molar-refractivity contribution is 6.03. The van der Waals surface area contributed by atoms with Crippen LogP contribution >= 0.6 is 0 Å². The Morgan fingerprint density at radius 1 is 1.30 bits per heavy atom. The van der Waals surface area contributed by atoms with Crippen LogP contribution in [-0.2, 0) is 19.1 Å². The molecule has 2 fully saturated rings. The predicted octanol–water partition coefficient (Wildman–Crippen LogP) is 2.63. The minimum atomic E-state index is -1.14. The first-order valence-corrected chi connectivity index (χ1v) is 6.91. The van der Waals surface area contributed by atoms with E-state index in [-0.39, 0.29) is 6.10 Å². The van der Waals surface area contributed by atoms with Crippen LogP contribution in [0.2, 0.25) is 0 Å². The minimum Gasteiger partial charge on any atom is -0.468 e. The first-order chi connectivity index (χ1) is 9.56. The summed E-state index contributed by atoms with van der Waals surface area (Å²) < 4.78 is 10.5. The lowest BCUT2D eigenvalue weighted by Gasteiger charge is -2.33. The molecule has 0 aromatic heterocycles. The highest BCUT2D eigenvalue weighted by Gasteiger charge is 2.72. The second kappa shape index (κ2) is 4.33. The van der Waals surface area contributed by atoms with E-state index >= 15 is 0 Å². The smallest absolute Gasteiger partial charge is 0.324 e. The van der Waals surface area contributed by atoms with E-state index < -0.39 is 22.8 Å². The van der Waals surface area contributed by atoms with E-state index in [4.69, 9.17) is 9.47 Å². The van der Waals surface area contributed by atoms with Gasteiger partial charge in [0.2, 0.25) is 0 Å². The maximum atomic E-state index is 12.4. The van der Waals surface area contributed by atoms with Crippen molar-refractivity contribution in [3.63, 3.8) is 0 Å². The van der Waals surface area contributed by atoms with Gasteiger partial charge in [-0.3, -0.25) is 9.59 Å². The molecule has 20 heavy (non-hydrogen) atoms. The van der Waals surface area contributed by atoms with Crippen LogP contribution in [-0.4, -0.2) is 19.0 Å². The number of carbonyl (C=O) groups is 2. The fourth-order valence-electron chi connectivity index (χ4n) is 3.90. The average molecular weight is 274 g/mol. The Bertz CT molecular complexity index is 553. The number of esters is 2. The van der Waals surface area contributed by atoms with Crippen molar-refractivity contribution in [1.82, 2.24) is 0 Å². The highest BCUT2D eigenvalue weighted by atomic mass is 16.6. The fraction of sp³-hybridized carbons (Fsp3) is 0.500. The molecule has 0 bridgehead atoms. The number of carbonyl (C=O) groups excluding carboxylic acids is 2. The van der Waals surface area contributed by atoms with Gasteiger partial charge in [-0.05, 0) is 18.4 Å². The van der Waals surface area contributed by atoms with Gasteiger partial charge < -0.3 is 9.47 Å². The fourth-order valence-corrected chi connectivity index (χ4v) is 3.90. The largest absolute Gasteiger partial charge is 0.468 e. The van der Waals surface area contributed by atoms with Crippen LogP contribution in [0.1, 0.15) is 37.9 Å². The molecule has 2 aliphatic rings. The summed E-state index contributed by atoms with van der Waals surface area (Å²) in [6.07, 6.45) is 1.76. The molecule has 0 amide bonds. The summed E-state index contributed by atoms with van der Waals surface area (Å²) in [5.41, 5.74) is -0.725. The van der Waals surface area contributed by atoms with Gasteiger partial charge in [0.1, 0.15) is 6.10 Å². The Balaban J connectivity index is 2.10. The zero-order chi connectivity index (χ0) is 14.4. The van der Waals surface area contributed by atoms with Crippen LogP contribution in [0.25, 0.3) is 0 Å². The maximum absolute atomic E-state index is 12.4. The van der Waals surface area contributed by atoms with E-state index in [1.807, 2.05) is 37.3 Å². The molecule has 1 saturated heterocycles. The van der Waals surface area contributed by atoms with E-state index in [9.17, 15) is 9.59 Å². The molecule has 1 aromatic carbocycles. The number of hydrogen-bond donors (Lipinski definition) is 0. The molecule has 106 valence electrons. The van der Waals surface area contributed by atoms with Crippen molar-refractivity contribution >= 4 is 11.9 Å². The predicted molar refractivity (Wildman–Crippen MR) is 71.7 cm³/mol. The highest BCUT2D eigenvalue weighted by Crippen LogP contribution is 2.65. The van der Waals surface area contributed by atoms with Crippen molar-refractivity contribution in [2.24, 2.45) is 10.8 Å². The van der Waals surface area contributed by atoms with Crippen molar-refractivity contribution < 1.29 is 19.1 Å². The average Bonchev–Trinajstić information content (AvgIpc) is 2.92. The zero-order valence-electron chi connectivity index (χ0n) is 11.7. The molecule has 1 aliphatic carbocycles. The van der Waals surface area contributed by atoms with Crippen LogP contribution < -0.4 is 0 Å². The molecule has 3 atom stereocenters. The maximum Gasteiger partial charge on any atom is 0.324 e. The molecule has 1 heterocycles. The standard InChI is InChI=1S/C16H18O4/c1-15-9-6-10-16(15,13(17)19-2)14(18)20-12(15)11-7-4-3-5-8-11/h3-5,7-8,12H,6,9-10H2,1-2H3/t12-,15-,16-/m1/s1. The lowest BCUT2D eigenvalue weighted by Crippen LogP contribution is -2.45. The first kappa shape index (κ1) is 13.2. The molecule has 4 nitrogen and oxygen atoms in total. The molecule has 0 spiro atoms. The SMILES string of the molecule is COC(=O)[C@@]12CCC[C@]1(C)[C@@H](c1ccccc1)OC2=O. The third-order valence-electron chi connectivity index (χ3n) is 5.01. The van der Waals surface area contributed by atoms with Gasteiger partial charge in [0.05, 0.1) is 7.11 Å². The Morgan fingerprint density at radius 2 is 2.00 bits per heavy atom. The van der Waals surface area contributed by atoms with Gasteiger partial charge in [0.15, 0.2) is 5.41 Å². The Kier molecular flexibility index (Phi) is 2.85. The van der Waals surface area contributed by atoms with E-state index in [2.05, 4.69) is 0 Å². The number of rotatable bonds is 2. The monoisotopic (exact) mass is 274 g/mol. The topological polar surface area (TPSA) is 52.6 Å². The van der Waals surface area contributed by atoms with E-state index in [1.54, 1.807) is 0 Å². The molecule has 1 saturated carbocycles. The third kappa shape index (κ3) is 1.42. The summed E-state index contributed by atoms with van der Waals surface area (Å²) in [5.74, 6) is -0.890. The molecule has 1 aliphatic heterocycles. The summed E-state index contributed by atoms with van der Waals surface area (Å²) in [4.78, 5) is 24.7. The second-order valence-corrected chi connectivity index (χ2v) is 5.86. The van der Waals surface area contributed by atoms with Crippen molar-refractivity contribution in [1.29, 1.82) is 0 Å². The normalized spacial score (nSPS) is 35.5. The number of fused-ring (bicyclic) bond motifs is 1. The van der Waals surface area contributed by atoms with Gasteiger partial charge in [0.25, 0.3) is 0 Å². The van der Waals surface area contributed by atoms with Gasteiger partial charge in [0, 0.05) is 5.41 Å². The summed E-state index contributed by atoms with van der Waals surface area (Å²) in [7, 11) is 1.33. The molecule has 4 heteroatoms. The molecule has 1 aromatic rings. The van der Waals surface area contributed by atoms with Crippen molar-refractivity contribution in [2.75, 3.05) is 7.11 Å². The molecular formula is C16H18O4. The van der Waals surface area contributed by atoms with Crippen LogP contribution in [0, 0.1) is 10.8 Å². The quantitative estimate of drug-likeness (QED) is 0.614. The van der Waals surface area contributed by atoms with E-state index in [1.165, 1.54) is 7.11 Å². The van der Waals surface area contributed by atoms with Crippen molar-refractivity contribution in [3.05, 3.63) is 35.9 Å². The minimum absolute atomic E-state index is 0.377. The number of ether oxygens (including phenoxy) is 2. The first-order valence-electron chi connectivity index (χ1n) is 6.91. The molecule has 3 rings (SSSR count). The second-order valence-electron chi connectivity index (χ2n) is 5.86. The summed E-state index contributed by atoms with van der Waals surface area (Å²) in [6.45, 7) is 1.97. The Labute approximate surface area is 118 Å². The molecule has 0 N–H and O–H groups in total. The number of methoxy groups -OCH3 is 1. The van der Waals surface area contributed by atoms with Gasteiger partial charge in [-0.2, -0.15) is 0 Å². The number of hydrogen-bond acceptors (Lipinski definition) is 4. The van der Waals surface area contributed by atoms with Crippen LogP contribution in [0.4, 0.5) is 0 Å². The zero-order valence-corrected chi connectivity index (χ0v) is 11.7. The van der Waals surface area contributed by atoms with Gasteiger partial charge >= 0.3 is 11.9 Å². The van der Waals surface area contributed by atoms with Crippen LogP contribution in [0.15, 0.2) is 30.3 Å². The van der Waals surface area contributed by atoms with Crippen LogP contribution in [0.5, 0.6) is 0 Å². The number of cyclic esters (lactones) is 1. The molecule has 0 radical (unpaired) electrons. The number of benzene rings is 1. The van der Waals surface area contributed by atoms with Crippen molar-refractivity contribution in [3.8, 4) is 0 Å². The van der Waals surface area contributed by atoms with Crippen molar-refractivity contribution in [2.45, 2.75) is 32.3 Å². The van der Waals surface area contributed by atoms with E-state index in [0.717, 1.165) is 18.4 Å². The van der Waals surface area contributed by atoms with E-state index in [0.29, 0.717) is 6.42 Å². The summed E-state index contributed by atoms with van der Waals surface area (Å²) >= 11 is 0. The Morgan fingerprint density at radius 3 is 2.65 bits per heavy atom. The molecule has 0 unspecified atom stereocenters. The Hall–Kier alpha value is -1.84. The van der Waals surface area contributed by atoms with Crippen LogP contribution in [0.3, 0.4) is 0 Å². The third-order valence-corrected chi connectivity index (χ3v) is 5.01. The molecular weight excluding hydrogens is 256 g/mol. The summed E-state index contributed by atoms with van der Waals surface area (Å²) in [6, 6.07) is 9.63. The summed E-state index contributed by atoms with van der Waals surface area (Å²) in [5, 5.41) is 0. The van der Waals surface area contributed by atoms with Gasteiger partial charge in [-0.15, -0.1) is 0 Å². The van der Waals surface area contributed by atoms with Gasteiger partial charge in [-0.25, -0.2) is 0 Å². The lowest BCUT2D eigenvalue weighted by molar-refractivity contribution is -0.165. The lowest BCUT2D eigenvalue weighted by atomic mass is 9.64. The van der Waals surface area contributed by atoms with Gasteiger partial charge in [-0.1, -0.05) is 43.7 Å².